The molecule has 4 nitrogen and oxygen atoms in total. The third-order valence-electron chi connectivity index (χ3n) is 5.16. The molecule has 0 spiro atoms. The van der Waals surface area contributed by atoms with Gasteiger partial charge < -0.3 is 14.9 Å². The van der Waals surface area contributed by atoms with Gasteiger partial charge in [-0.1, -0.05) is 13.8 Å². The van der Waals surface area contributed by atoms with Crippen LogP contribution in [0.5, 0.6) is 11.5 Å². The molecule has 2 aliphatic heterocycles. The van der Waals surface area contributed by atoms with Crippen LogP contribution >= 0.6 is 0 Å². The number of ether oxygens (including phenoxy) is 1. The Hall–Kier alpha value is -1.26. The Labute approximate surface area is 132 Å². The molecule has 4 heteroatoms. The van der Waals surface area contributed by atoms with E-state index in [0.717, 1.165) is 32.4 Å². The quantitative estimate of drug-likeness (QED) is 0.901. The second kappa shape index (κ2) is 6.09. The average molecular weight is 305 g/mol. The van der Waals surface area contributed by atoms with Crippen molar-refractivity contribution in [3.8, 4) is 11.5 Å². The van der Waals surface area contributed by atoms with E-state index in [1.165, 1.54) is 11.1 Å². The molecule has 2 heterocycles. The van der Waals surface area contributed by atoms with Gasteiger partial charge in [0.1, 0.15) is 0 Å². The summed E-state index contributed by atoms with van der Waals surface area (Å²) in [6, 6.07) is 4.03. The van der Waals surface area contributed by atoms with E-state index in [1.807, 2.05) is 12.1 Å². The van der Waals surface area contributed by atoms with E-state index in [9.17, 15) is 10.2 Å². The van der Waals surface area contributed by atoms with Crippen LogP contribution in [0.25, 0.3) is 0 Å². The topological polar surface area (TPSA) is 52.9 Å². The summed E-state index contributed by atoms with van der Waals surface area (Å²) >= 11 is 0. The smallest absolute Gasteiger partial charge is 0.160 e. The molecular formula is C18H27NO3. The molecule has 1 aromatic carbocycles. The molecule has 2 aliphatic rings. The molecule has 0 radical (unpaired) electrons. The van der Waals surface area contributed by atoms with Crippen molar-refractivity contribution < 1.29 is 14.9 Å². The second-order valence-corrected chi connectivity index (χ2v) is 7.18. The van der Waals surface area contributed by atoms with Crippen LogP contribution in [-0.2, 0) is 6.42 Å². The van der Waals surface area contributed by atoms with Gasteiger partial charge in [-0.05, 0) is 54.4 Å². The maximum atomic E-state index is 10.6. The van der Waals surface area contributed by atoms with Gasteiger partial charge in [-0.3, -0.25) is 4.90 Å². The van der Waals surface area contributed by atoms with Gasteiger partial charge in [0.25, 0.3) is 0 Å². The zero-order chi connectivity index (χ0) is 15.9. The van der Waals surface area contributed by atoms with Crippen molar-refractivity contribution in [1.29, 1.82) is 0 Å². The summed E-state index contributed by atoms with van der Waals surface area (Å²) in [5, 5.41) is 20.5. The number of aliphatic hydroxyl groups is 1. The van der Waals surface area contributed by atoms with E-state index in [0.29, 0.717) is 17.6 Å². The summed E-state index contributed by atoms with van der Waals surface area (Å²) < 4.78 is 5.26. The van der Waals surface area contributed by atoms with Crippen LogP contribution < -0.4 is 4.74 Å². The number of hydrogen-bond donors (Lipinski definition) is 2. The molecule has 22 heavy (non-hydrogen) atoms. The first-order valence-electron chi connectivity index (χ1n) is 8.31. The summed E-state index contributed by atoms with van der Waals surface area (Å²) in [6.07, 6.45) is 2.57. The minimum Gasteiger partial charge on any atom is -0.504 e. The molecule has 0 bridgehead atoms. The first kappa shape index (κ1) is 15.6. The molecule has 2 N–H and O–H groups in total. The van der Waals surface area contributed by atoms with Crippen LogP contribution in [0.15, 0.2) is 12.1 Å². The molecule has 122 valence electrons. The normalized spacial score (nSPS) is 28.3. The average Bonchev–Trinajstić information content (AvgIpc) is 2.47. The Kier molecular flexibility index (Phi) is 4.33. The fraction of sp³-hybridized carbons (Fsp3) is 0.667. The summed E-state index contributed by atoms with van der Waals surface area (Å²) in [6.45, 7) is 6.41. The number of benzene rings is 1. The number of aliphatic hydroxyl groups excluding tert-OH is 1. The van der Waals surface area contributed by atoms with Crippen molar-refractivity contribution in [1.82, 2.24) is 4.90 Å². The van der Waals surface area contributed by atoms with Crippen LogP contribution in [0.1, 0.15) is 43.9 Å². The highest BCUT2D eigenvalue weighted by Crippen LogP contribution is 2.43. The summed E-state index contributed by atoms with van der Waals surface area (Å²) in [7, 11) is 1.58. The lowest BCUT2D eigenvalue weighted by Gasteiger charge is -2.46. The number of phenols is 1. The highest BCUT2D eigenvalue weighted by molar-refractivity contribution is 5.48. The molecule has 3 atom stereocenters. The molecule has 1 saturated heterocycles. The number of methoxy groups -OCH3 is 1. The molecule has 0 saturated carbocycles. The number of aromatic hydroxyl groups is 1. The molecule has 0 aliphatic carbocycles. The summed E-state index contributed by atoms with van der Waals surface area (Å²) in [5.74, 6) is 1.73. The number of fused-ring (bicyclic) bond motifs is 3. The Morgan fingerprint density at radius 2 is 2.14 bits per heavy atom. The van der Waals surface area contributed by atoms with Crippen molar-refractivity contribution in [3.05, 3.63) is 23.3 Å². The van der Waals surface area contributed by atoms with Crippen molar-refractivity contribution in [2.45, 2.75) is 45.3 Å². The highest BCUT2D eigenvalue weighted by atomic mass is 16.5. The number of hydrogen-bond acceptors (Lipinski definition) is 4. The van der Waals surface area contributed by atoms with Crippen LogP contribution in [0.3, 0.4) is 0 Å². The lowest BCUT2D eigenvalue weighted by Crippen LogP contribution is -2.48. The Morgan fingerprint density at radius 1 is 1.36 bits per heavy atom. The molecule has 0 aromatic heterocycles. The van der Waals surface area contributed by atoms with Crippen LogP contribution in [0.4, 0.5) is 0 Å². The summed E-state index contributed by atoms with van der Waals surface area (Å²) in [4.78, 5) is 2.50. The van der Waals surface area contributed by atoms with Gasteiger partial charge in [0.15, 0.2) is 11.5 Å². The molecule has 0 unspecified atom stereocenters. The minimum absolute atomic E-state index is 0.212. The summed E-state index contributed by atoms with van der Waals surface area (Å²) in [5.41, 5.74) is 2.40. The van der Waals surface area contributed by atoms with E-state index in [1.54, 1.807) is 7.11 Å². The third kappa shape index (κ3) is 2.82. The largest absolute Gasteiger partial charge is 0.504 e. The standard InChI is InChI=1S/C18H27NO3/c1-11(2)6-13-10-19-5-4-12-7-17(21)18(22-3)8-14(12)15(19)9-16(13)20/h7-8,11,13,15-16,20-21H,4-6,9-10H2,1-3H3/t13-,15-,16+/m1/s1. The van der Waals surface area contributed by atoms with Gasteiger partial charge in [-0.15, -0.1) is 0 Å². The SMILES string of the molecule is COc1cc2c(cc1O)CCN1C[C@@H](CC(C)C)[C@@H](O)C[C@H]21. The molecule has 0 amide bonds. The highest BCUT2D eigenvalue weighted by Gasteiger charge is 2.38. The minimum atomic E-state index is -0.241. The van der Waals surface area contributed by atoms with Gasteiger partial charge in [0.05, 0.1) is 13.2 Å². The Bertz CT molecular complexity index is 543. The van der Waals surface area contributed by atoms with Gasteiger partial charge in [-0.2, -0.15) is 0 Å². The second-order valence-electron chi connectivity index (χ2n) is 7.18. The predicted molar refractivity (Wildman–Crippen MR) is 86.2 cm³/mol. The Balaban J connectivity index is 1.86. The molecule has 3 rings (SSSR count). The lowest BCUT2D eigenvalue weighted by molar-refractivity contribution is -0.0191. The monoisotopic (exact) mass is 305 g/mol. The van der Waals surface area contributed by atoms with E-state index in [4.69, 9.17) is 4.74 Å². The van der Waals surface area contributed by atoms with E-state index in [2.05, 4.69) is 18.7 Å². The van der Waals surface area contributed by atoms with Crippen LogP contribution in [0, 0.1) is 11.8 Å². The predicted octanol–water partition coefficient (Wildman–Crippen LogP) is 2.73. The zero-order valence-corrected chi connectivity index (χ0v) is 13.7. The Morgan fingerprint density at radius 3 is 2.82 bits per heavy atom. The van der Waals surface area contributed by atoms with Gasteiger partial charge >= 0.3 is 0 Å². The molecular weight excluding hydrogens is 278 g/mol. The van der Waals surface area contributed by atoms with E-state index >= 15 is 0 Å². The van der Waals surface area contributed by atoms with Crippen molar-refractivity contribution >= 4 is 0 Å². The number of phenolic OH excluding ortho intramolecular Hbond substituents is 1. The van der Waals surface area contributed by atoms with Crippen molar-refractivity contribution in [3.63, 3.8) is 0 Å². The van der Waals surface area contributed by atoms with Gasteiger partial charge in [-0.25, -0.2) is 0 Å². The van der Waals surface area contributed by atoms with Crippen LogP contribution in [0.2, 0.25) is 0 Å². The maximum absolute atomic E-state index is 10.6. The zero-order valence-electron chi connectivity index (χ0n) is 13.7. The van der Waals surface area contributed by atoms with Crippen LogP contribution in [-0.4, -0.2) is 41.4 Å². The van der Waals surface area contributed by atoms with E-state index in [-0.39, 0.29) is 17.9 Å². The third-order valence-corrected chi connectivity index (χ3v) is 5.16. The first-order valence-corrected chi connectivity index (χ1v) is 8.31. The van der Waals surface area contributed by atoms with Gasteiger partial charge in [0.2, 0.25) is 0 Å². The van der Waals surface area contributed by atoms with Crippen molar-refractivity contribution in [2.75, 3.05) is 20.2 Å². The maximum Gasteiger partial charge on any atom is 0.160 e. The number of piperidine rings is 1. The number of rotatable bonds is 3. The van der Waals surface area contributed by atoms with Crippen molar-refractivity contribution in [2.24, 2.45) is 11.8 Å². The fourth-order valence-corrected chi connectivity index (χ4v) is 4.11. The van der Waals surface area contributed by atoms with E-state index < -0.39 is 0 Å². The lowest BCUT2D eigenvalue weighted by atomic mass is 9.79. The fourth-order valence-electron chi connectivity index (χ4n) is 4.11. The first-order chi connectivity index (χ1) is 10.5. The molecule has 1 fully saturated rings. The molecule has 1 aromatic rings. The number of nitrogens with zero attached hydrogens (tertiary/aromatic N) is 1. The van der Waals surface area contributed by atoms with Gasteiger partial charge in [0, 0.05) is 19.1 Å².